The number of pyridine rings is 1. The standard InChI is InChI=1S/C15H16N2O2/c1-19-15(18)14-10-13(6-8-17-14)12-4-2-3-11(9-12)5-7-16/h2-4,6,8-10H,5,7,16H2,1H3. The second-order valence-electron chi connectivity index (χ2n) is 4.16. The summed E-state index contributed by atoms with van der Waals surface area (Å²) in [5, 5.41) is 0. The highest BCUT2D eigenvalue weighted by Gasteiger charge is 2.08. The summed E-state index contributed by atoms with van der Waals surface area (Å²) in [5.74, 6) is -0.431. The number of hydrogen-bond donors (Lipinski definition) is 1. The van der Waals surface area contributed by atoms with Crippen LogP contribution in [-0.2, 0) is 11.2 Å². The van der Waals surface area contributed by atoms with Crippen molar-refractivity contribution in [3.05, 3.63) is 53.9 Å². The van der Waals surface area contributed by atoms with Crippen LogP contribution in [0.1, 0.15) is 16.1 Å². The van der Waals surface area contributed by atoms with Crippen LogP contribution < -0.4 is 5.73 Å². The number of aromatic nitrogens is 1. The lowest BCUT2D eigenvalue weighted by molar-refractivity contribution is 0.0594. The van der Waals surface area contributed by atoms with Crippen LogP contribution in [0.2, 0.25) is 0 Å². The first-order chi connectivity index (χ1) is 9.24. The number of nitrogens with two attached hydrogens (primary N) is 1. The number of ether oxygens (including phenoxy) is 1. The molecule has 2 rings (SSSR count). The van der Waals surface area contributed by atoms with Gasteiger partial charge in [-0.2, -0.15) is 0 Å². The molecule has 2 N–H and O–H groups in total. The van der Waals surface area contributed by atoms with E-state index in [2.05, 4.69) is 15.8 Å². The number of hydrogen-bond acceptors (Lipinski definition) is 4. The number of rotatable bonds is 4. The first kappa shape index (κ1) is 13.2. The van der Waals surface area contributed by atoms with Gasteiger partial charge in [-0.3, -0.25) is 0 Å². The predicted octanol–water partition coefficient (Wildman–Crippen LogP) is 2.04. The van der Waals surface area contributed by atoms with E-state index in [1.807, 2.05) is 24.3 Å². The number of esters is 1. The zero-order chi connectivity index (χ0) is 13.7. The van der Waals surface area contributed by atoms with E-state index in [9.17, 15) is 4.79 Å². The van der Waals surface area contributed by atoms with E-state index < -0.39 is 5.97 Å². The van der Waals surface area contributed by atoms with Crippen molar-refractivity contribution in [2.45, 2.75) is 6.42 Å². The summed E-state index contributed by atoms with van der Waals surface area (Å²) in [6.45, 7) is 0.618. The van der Waals surface area contributed by atoms with Crippen LogP contribution >= 0.6 is 0 Å². The van der Waals surface area contributed by atoms with Crippen LogP contribution in [0, 0.1) is 0 Å². The van der Waals surface area contributed by atoms with Gasteiger partial charge in [0.1, 0.15) is 5.69 Å². The quantitative estimate of drug-likeness (QED) is 0.850. The third-order valence-electron chi connectivity index (χ3n) is 2.85. The van der Waals surface area contributed by atoms with Gasteiger partial charge in [0.2, 0.25) is 0 Å². The Bertz CT molecular complexity index is 582. The topological polar surface area (TPSA) is 65.2 Å². The van der Waals surface area contributed by atoms with Crippen LogP contribution in [-0.4, -0.2) is 24.6 Å². The zero-order valence-corrected chi connectivity index (χ0v) is 10.8. The molecule has 19 heavy (non-hydrogen) atoms. The Morgan fingerprint density at radius 3 is 2.79 bits per heavy atom. The summed E-state index contributed by atoms with van der Waals surface area (Å²) in [6, 6.07) is 11.7. The van der Waals surface area contributed by atoms with Crippen molar-refractivity contribution in [2.24, 2.45) is 5.73 Å². The normalized spacial score (nSPS) is 10.2. The molecule has 1 heterocycles. The second kappa shape index (κ2) is 6.11. The molecule has 2 aromatic rings. The molecule has 0 fully saturated rings. The first-order valence-corrected chi connectivity index (χ1v) is 6.08. The maximum atomic E-state index is 11.5. The molecular formula is C15H16N2O2. The van der Waals surface area contributed by atoms with Crippen LogP contribution in [0.5, 0.6) is 0 Å². The Morgan fingerprint density at radius 2 is 2.05 bits per heavy atom. The molecule has 0 saturated carbocycles. The number of carbonyl (C=O) groups excluding carboxylic acids is 1. The minimum Gasteiger partial charge on any atom is -0.464 e. The largest absolute Gasteiger partial charge is 0.464 e. The molecule has 4 nitrogen and oxygen atoms in total. The van der Waals surface area contributed by atoms with E-state index in [1.165, 1.54) is 12.7 Å². The molecule has 0 radical (unpaired) electrons. The number of carbonyl (C=O) groups is 1. The van der Waals surface area contributed by atoms with Gasteiger partial charge in [0.25, 0.3) is 0 Å². The molecule has 1 aromatic heterocycles. The highest BCUT2D eigenvalue weighted by Crippen LogP contribution is 2.21. The Kier molecular flexibility index (Phi) is 4.26. The average molecular weight is 256 g/mol. The SMILES string of the molecule is COC(=O)c1cc(-c2cccc(CCN)c2)ccn1. The lowest BCUT2D eigenvalue weighted by atomic mass is 10.0. The lowest BCUT2D eigenvalue weighted by Crippen LogP contribution is -2.04. The monoisotopic (exact) mass is 256 g/mol. The van der Waals surface area contributed by atoms with Crippen LogP contribution in [0.3, 0.4) is 0 Å². The van der Waals surface area contributed by atoms with E-state index in [-0.39, 0.29) is 0 Å². The summed E-state index contributed by atoms with van der Waals surface area (Å²) in [4.78, 5) is 15.5. The van der Waals surface area contributed by atoms with Gasteiger partial charge < -0.3 is 10.5 Å². The Balaban J connectivity index is 2.36. The van der Waals surface area contributed by atoms with Crippen molar-refractivity contribution in [3.63, 3.8) is 0 Å². The minimum atomic E-state index is -0.431. The highest BCUT2D eigenvalue weighted by molar-refractivity contribution is 5.88. The first-order valence-electron chi connectivity index (χ1n) is 6.08. The van der Waals surface area contributed by atoms with Gasteiger partial charge in [0, 0.05) is 6.20 Å². The van der Waals surface area contributed by atoms with Crippen molar-refractivity contribution < 1.29 is 9.53 Å². The molecule has 0 spiro atoms. The fourth-order valence-corrected chi connectivity index (χ4v) is 1.90. The maximum absolute atomic E-state index is 11.5. The molecule has 0 bridgehead atoms. The third kappa shape index (κ3) is 3.17. The number of nitrogens with zero attached hydrogens (tertiary/aromatic N) is 1. The van der Waals surface area contributed by atoms with E-state index in [0.29, 0.717) is 12.2 Å². The fourth-order valence-electron chi connectivity index (χ4n) is 1.90. The van der Waals surface area contributed by atoms with Gasteiger partial charge in [-0.25, -0.2) is 9.78 Å². The molecule has 0 aliphatic carbocycles. The van der Waals surface area contributed by atoms with Gasteiger partial charge in [-0.05, 0) is 41.8 Å². The Labute approximate surface area is 112 Å². The smallest absolute Gasteiger partial charge is 0.356 e. The Morgan fingerprint density at radius 1 is 1.26 bits per heavy atom. The molecule has 0 aliphatic rings. The van der Waals surface area contributed by atoms with Crippen molar-refractivity contribution in [1.82, 2.24) is 4.98 Å². The van der Waals surface area contributed by atoms with Gasteiger partial charge in [0.15, 0.2) is 0 Å². The van der Waals surface area contributed by atoms with Gasteiger partial charge in [-0.1, -0.05) is 24.3 Å². The van der Waals surface area contributed by atoms with Gasteiger partial charge in [0.05, 0.1) is 7.11 Å². The fraction of sp³-hybridized carbons (Fsp3) is 0.200. The summed E-state index contributed by atoms with van der Waals surface area (Å²) < 4.78 is 4.67. The molecule has 0 amide bonds. The van der Waals surface area contributed by atoms with Crippen molar-refractivity contribution in [2.75, 3.05) is 13.7 Å². The van der Waals surface area contributed by atoms with Crippen LogP contribution in [0.4, 0.5) is 0 Å². The van der Waals surface area contributed by atoms with Gasteiger partial charge >= 0.3 is 5.97 Å². The molecule has 1 aromatic carbocycles. The van der Waals surface area contributed by atoms with Crippen LogP contribution in [0.15, 0.2) is 42.6 Å². The molecule has 0 atom stereocenters. The van der Waals surface area contributed by atoms with Crippen LogP contribution in [0.25, 0.3) is 11.1 Å². The molecule has 98 valence electrons. The summed E-state index contributed by atoms with van der Waals surface area (Å²) in [7, 11) is 1.35. The molecule has 0 saturated heterocycles. The second-order valence-corrected chi connectivity index (χ2v) is 4.16. The predicted molar refractivity (Wildman–Crippen MR) is 73.8 cm³/mol. The van der Waals surface area contributed by atoms with E-state index in [0.717, 1.165) is 17.5 Å². The van der Waals surface area contributed by atoms with E-state index >= 15 is 0 Å². The van der Waals surface area contributed by atoms with E-state index in [4.69, 9.17) is 5.73 Å². The van der Waals surface area contributed by atoms with Crippen molar-refractivity contribution in [1.29, 1.82) is 0 Å². The zero-order valence-electron chi connectivity index (χ0n) is 10.8. The van der Waals surface area contributed by atoms with Crippen molar-refractivity contribution >= 4 is 5.97 Å². The Hall–Kier alpha value is -2.20. The minimum absolute atomic E-state index is 0.309. The summed E-state index contributed by atoms with van der Waals surface area (Å²) >= 11 is 0. The number of methoxy groups -OCH3 is 1. The van der Waals surface area contributed by atoms with Crippen molar-refractivity contribution in [3.8, 4) is 11.1 Å². The highest BCUT2D eigenvalue weighted by atomic mass is 16.5. The summed E-state index contributed by atoms with van der Waals surface area (Å²) in [6.07, 6.45) is 2.44. The molecule has 4 heteroatoms. The summed E-state index contributed by atoms with van der Waals surface area (Å²) in [5.41, 5.74) is 9.03. The molecular weight excluding hydrogens is 240 g/mol. The molecule has 0 aliphatic heterocycles. The van der Waals surface area contributed by atoms with E-state index in [1.54, 1.807) is 12.3 Å². The maximum Gasteiger partial charge on any atom is 0.356 e. The number of benzene rings is 1. The van der Waals surface area contributed by atoms with Gasteiger partial charge in [-0.15, -0.1) is 0 Å². The lowest BCUT2D eigenvalue weighted by Gasteiger charge is -2.06. The molecule has 0 unspecified atom stereocenters. The third-order valence-corrected chi connectivity index (χ3v) is 2.85. The average Bonchev–Trinajstić information content (AvgIpc) is 2.47.